The fraction of sp³-hybridized carbons (Fsp3) is 0.417. The van der Waals surface area contributed by atoms with Gasteiger partial charge in [0.15, 0.2) is 0 Å². The first-order chi connectivity index (χ1) is 7.26. The lowest BCUT2D eigenvalue weighted by Gasteiger charge is -2.17. The molecule has 82 valence electrons. The third-order valence-electron chi connectivity index (χ3n) is 2.32. The number of nitrogens with two attached hydrogens (primary N) is 1. The van der Waals surface area contributed by atoms with Crippen LogP contribution in [0.5, 0.6) is 0 Å². The van der Waals surface area contributed by atoms with Crippen LogP contribution in [0.4, 0.5) is 0 Å². The summed E-state index contributed by atoms with van der Waals surface area (Å²) in [4.78, 5) is 6.48. The summed E-state index contributed by atoms with van der Waals surface area (Å²) in [6.45, 7) is 7.12. The summed E-state index contributed by atoms with van der Waals surface area (Å²) >= 11 is 0. The molecule has 0 amide bonds. The fourth-order valence-electron chi connectivity index (χ4n) is 1.40. The van der Waals surface area contributed by atoms with E-state index in [-0.39, 0.29) is 0 Å². The van der Waals surface area contributed by atoms with E-state index in [2.05, 4.69) is 23.7 Å². The van der Waals surface area contributed by atoms with Gasteiger partial charge in [0.1, 0.15) is 0 Å². The Kier molecular flexibility index (Phi) is 4.84. The molecule has 0 aliphatic heterocycles. The zero-order chi connectivity index (χ0) is 11.1. The van der Waals surface area contributed by atoms with Gasteiger partial charge in [-0.3, -0.25) is 9.88 Å². The molecule has 0 radical (unpaired) electrons. The van der Waals surface area contributed by atoms with E-state index in [0.717, 1.165) is 31.0 Å². The van der Waals surface area contributed by atoms with Crippen LogP contribution in [0.1, 0.15) is 19.5 Å². The van der Waals surface area contributed by atoms with Crippen LogP contribution in [0, 0.1) is 0 Å². The minimum Gasteiger partial charge on any atom is -0.401 e. The van der Waals surface area contributed by atoms with Gasteiger partial charge in [-0.15, -0.1) is 0 Å². The van der Waals surface area contributed by atoms with Gasteiger partial charge in [-0.1, -0.05) is 19.9 Å². The van der Waals surface area contributed by atoms with Gasteiger partial charge in [-0.2, -0.15) is 0 Å². The van der Waals surface area contributed by atoms with Gasteiger partial charge in [-0.25, -0.2) is 0 Å². The van der Waals surface area contributed by atoms with Gasteiger partial charge in [0.05, 0.1) is 5.69 Å². The van der Waals surface area contributed by atoms with E-state index >= 15 is 0 Å². The van der Waals surface area contributed by atoms with Crippen LogP contribution in [0.25, 0.3) is 6.08 Å². The van der Waals surface area contributed by atoms with Gasteiger partial charge in [0, 0.05) is 18.4 Å². The van der Waals surface area contributed by atoms with Gasteiger partial charge < -0.3 is 5.73 Å². The number of rotatable bonds is 5. The topological polar surface area (TPSA) is 42.1 Å². The molecule has 0 saturated carbocycles. The molecule has 15 heavy (non-hydrogen) atoms. The normalized spacial score (nSPS) is 12.1. The molecule has 0 saturated heterocycles. The lowest BCUT2D eigenvalue weighted by atomic mass is 10.3. The van der Waals surface area contributed by atoms with Crippen molar-refractivity contribution < 1.29 is 0 Å². The number of aromatic nitrogens is 1. The lowest BCUT2D eigenvalue weighted by Crippen LogP contribution is -2.27. The number of pyridine rings is 1. The average molecular weight is 205 g/mol. The molecule has 0 bridgehead atoms. The fourth-order valence-corrected chi connectivity index (χ4v) is 1.40. The van der Waals surface area contributed by atoms with Crippen molar-refractivity contribution in [1.82, 2.24) is 9.88 Å². The molecule has 3 nitrogen and oxygen atoms in total. The van der Waals surface area contributed by atoms with Crippen molar-refractivity contribution in [2.75, 3.05) is 19.6 Å². The van der Waals surface area contributed by atoms with Crippen LogP contribution < -0.4 is 5.73 Å². The third kappa shape index (κ3) is 4.13. The molecule has 1 aromatic heterocycles. The second-order valence-corrected chi connectivity index (χ2v) is 3.44. The van der Waals surface area contributed by atoms with Crippen LogP contribution in [-0.2, 0) is 0 Å². The van der Waals surface area contributed by atoms with Crippen LogP contribution in [0.3, 0.4) is 0 Å². The minimum atomic E-state index is 0.809. The molecule has 0 spiro atoms. The van der Waals surface area contributed by atoms with Crippen LogP contribution in [-0.4, -0.2) is 29.5 Å². The molecule has 0 aliphatic rings. The third-order valence-corrected chi connectivity index (χ3v) is 2.32. The molecule has 0 fully saturated rings. The predicted molar refractivity (Wildman–Crippen MR) is 64.2 cm³/mol. The summed E-state index contributed by atoms with van der Waals surface area (Å²) in [5, 5.41) is 0. The van der Waals surface area contributed by atoms with E-state index < -0.39 is 0 Å². The predicted octanol–water partition coefficient (Wildman–Crippen LogP) is 1.72. The average Bonchev–Trinajstić information content (AvgIpc) is 2.27. The molecule has 2 N–H and O–H groups in total. The quantitative estimate of drug-likeness (QED) is 0.796. The molecule has 3 heteroatoms. The zero-order valence-corrected chi connectivity index (χ0v) is 9.48. The largest absolute Gasteiger partial charge is 0.401 e. The van der Waals surface area contributed by atoms with Crippen molar-refractivity contribution in [1.29, 1.82) is 0 Å². The van der Waals surface area contributed by atoms with Crippen LogP contribution in [0.15, 0.2) is 30.1 Å². The monoisotopic (exact) mass is 205 g/mol. The van der Waals surface area contributed by atoms with Crippen LogP contribution >= 0.6 is 0 Å². The Morgan fingerprint density at radius 1 is 1.40 bits per heavy atom. The Bertz CT molecular complexity index is 302. The molecule has 0 unspecified atom stereocenters. The van der Waals surface area contributed by atoms with E-state index in [0.29, 0.717) is 0 Å². The maximum absolute atomic E-state index is 5.94. The second-order valence-electron chi connectivity index (χ2n) is 3.44. The molecular formula is C12H19N3. The minimum absolute atomic E-state index is 0.809. The lowest BCUT2D eigenvalue weighted by molar-refractivity contribution is 0.329. The molecular weight excluding hydrogens is 186 g/mol. The van der Waals surface area contributed by atoms with Crippen molar-refractivity contribution >= 4 is 6.08 Å². The molecule has 0 aliphatic carbocycles. The van der Waals surface area contributed by atoms with E-state index in [1.165, 1.54) is 0 Å². The Morgan fingerprint density at radius 2 is 2.13 bits per heavy atom. The van der Waals surface area contributed by atoms with E-state index in [1.807, 2.05) is 24.3 Å². The first-order valence-electron chi connectivity index (χ1n) is 5.35. The van der Waals surface area contributed by atoms with E-state index in [9.17, 15) is 0 Å². The maximum atomic E-state index is 5.94. The molecule has 0 aromatic carbocycles. The summed E-state index contributed by atoms with van der Waals surface area (Å²) in [6.07, 6.45) is 3.70. The molecule has 0 atom stereocenters. The number of nitrogens with zero attached hydrogens (tertiary/aromatic N) is 2. The Labute approximate surface area is 91.6 Å². The van der Waals surface area contributed by atoms with E-state index in [1.54, 1.807) is 6.20 Å². The summed E-state index contributed by atoms with van der Waals surface area (Å²) in [7, 11) is 0. The summed E-state index contributed by atoms with van der Waals surface area (Å²) in [5.41, 5.74) is 7.71. The Balaban J connectivity index is 2.60. The number of likely N-dealkylation sites (N-methyl/N-ethyl adjacent to an activating group) is 1. The zero-order valence-electron chi connectivity index (χ0n) is 9.48. The van der Waals surface area contributed by atoms with Crippen molar-refractivity contribution in [3.63, 3.8) is 0 Å². The summed E-state index contributed by atoms with van der Waals surface area (Å²) in [6, 6.07) is 5.82. The molecule has 1 heterocycles. The first-order valence-corrected chi connectivity index (χ1v) is 5.35. The second kappa shape index (κ2) is 6.19. The molecule has 1 rings (SSSR count). The summed E-state index contributed by atoms with van der Waals surface area (Å²) in [5.74, 6) is 0. The highest BCUT2D eigenvalue weighted by atomic mass is 15.1. The first kappa shape index (κ1) is 11.7. The van der Waals surface area contributed by atoms with E-state index in [4.69, 9.17) is 5.73 Å². The SMILES string of the molecule is CCN(CC)CC(N)=Cc1ccccn1. The van der Waals surface area contributed by atoms with Gasteiger partial charge in [0.2, 0.25) is 0 Å². The molecule has 1 aromatic rings. The van der Waals surface area contributed by atoms with Crippen molar-refractivity contribution in [3.05, 3.63) is 35.8 Å². The van der Waals surface area contributed by atoms with Gasteiger partial charge >= 0.3 is 0 Å². The Morgan fingerprint density at radius 3 is 2.67 bits per heavy atom. The highest BCUT2D eigenvalue weighted by molar-refractivity contribution is 5.47. The highest BCUT2D eigenvalue weighted by Crippen LogP contribution is 2.01. The highest BCUT2D eigenvalue weighted by Gasteiger charge is 2.00. The van der Waals surface area contributed by atoms with Crippen LogP contribution in [0.2, 0.25) is 0 Å². The van der Waals surface area contributed by atoms with Crippen molar-refractivity contribution in [2.24, 2.45) is 5.73 Å². The summed E-state index contributed by atoms with van der Waals surface area (Å²) < 4.78 is 0. The van der Waals surface area contributed by atoms with Crippen molar-refractivity contribution in [3.8, 4) is 0 Å². The van der Waals surface area contributed by atoms with Gasteiger partial charge in [-0.05, 0) is 31.3 Å². The number of hydrogen-bond donors (Lipinski definition) is 1. The maximum Gasteiger partial charge on any atom is 0.0647 e. The van der Waals surface area contributed by atoms with Gasteiger partial charge in [0.25, 0.3) is 0 Å². The van der Waals surface area contributed by atoms with Crippen molar-refractivity contribution in [2.45, 2.75) is 13.8 Å². The Hall–Kier alpha value is -1.35. The number of hydrogen-bond acceptors (Lipinski definition) is 3. The smallest absolute Gasteiger partial charge is 0.0647 e. The standard InChI is InChI=1S/C12H19N3/c1-3-15(4-2)10-11(13)9-12-7-5-6-8-14-12/h5-9H,3-4,10,13H2,1-2H3.